The molecule has 0 radical (unpaired) electrons. The maximum atomic E-state index is 14.4. The van der Waals surface area contributed by atoms with Gasteiger partial charge in [0, 0.05) is 24.6 Å². The molecule has 0 bridgehead atoms. The monoisotopic (exact) mass is 295 g/mol. The second-order valence-electron chi connectivity index (χ2n) is 6.30. The van der Waals surface area contributed by atoms with E-state index in [9.17, 15) is 4.39 Å². The number of nitrogens with one attached hydrogen (secondary N) is 1. The van der Waals surface area contributed by atoms with Crippen LogP contribution in [0.5, 0.6) is 5.75 Å². The molecule has 0 saturated carbocycles. The average molecular weight is 295 g/mol. The van der Waals surface area contributed by atoms with E-state index >= 15 is 0 Å². The van der Waals surface area contributed by atoms with Crippen LogP contribution in [0.15, 0.2) is 18.2 Å². The van der Waals surface area contributed by atoms with Gasteiger partial charge in [-0.15, -0.1) is 0 Å². The Labute approximate surface area is 126 Å². The molecule has 0 spiro atoms. The van der Waals surface area contributed by atoms with E-state index in [0.717, 1.165) is 26.0 Å². The number of benzene rings is 1. The Morgan fingerprint density at radius 3 is 2.86 bits per heavy atom. The van der Waals surface area contributed by atoms with Gasteiger partial charge in [0.05, 0.1) is 13.7 Å². The predicted molar refractivity (Wildman–Crippen MR) is 82.3 cm³/mol. The summed E-state index contributed by atoms with van der Waals surface area (Å²) in [6.07, 6.45) is 2.77. The lowest BCUT2D eigenvalue weighted by Gasteiger charge is -2.38. The molecule has 1 unspecified atom stereocenters. The highest BCUT2D eigenvalue weighted by Gasteiger charge is 2.34. The molecule has 1 aromatic carbocycles. The molecular formula is C17H26FNO2. The molecule has 1 N–H and O–H groups in total. The van der Waals surface area contributed by atoms with Crippen LogP contribution in [0.4, 0.5) is 4.39 Å². The third-order valence-electron chi connectivity index (χ3n) is 4.12. The zero-order valence-corrected chi connectivity index (χ0v) is 13.2. The van der Waals surface area contributed by atoms with Gasteiger partial charge in [0.15, 0.2) is 11.6 Å². The lowest BCUT2D eigenvalue weighted by molar-refractivity contribution is -0.00843. The van der Waals surface area contributed by atoms with Gasteiger partial charge in [0.2, 0.25) is 0 Å². The van der Waals surface area contributed by atoms with Crippen LogP contribution in [0, 0.1) is 11.2 Å². The summed E-state index contributed by atoms with van der Waals surface area (Å²) in [7, 11) is 1.50. The van der Waals surface area contributed by atoms with E-state index in [0.29, 0.717) is 30.4 Å². The van der Waals surface area contributed by atoms with Crippen molar-refractivity contribution in [3.05, 3.63) is 29.6 Å². The number of rotatable bonds is 6. The third kappa shape index (κ3) is 4.17. The van der Waals surface area contributed by atoms with Gasteiger partial charge in [0.25, 0.3) is 0 Å². The Morgan fingerprint density at radius 2 is 2.24 bits per heavy atom. The topological polar surface area (TPSA) is 30.5 Å². The smallest absolute Gasteiger partial charge is 0.168 e. The van der Waals surface area contributed by atoms with Crippen molar-refractivity contribution in [3.63, 3.8) is 0 Å². The van der Waals surface area contributed by atoms with Gasteiger partial charge in [-0.05, 0) is 30.9 Å². The molecule has 1 aromatic rings. The molecular weight excluding hydrogens is 269 g/mol. The fourth-order valence-electron chi connectivity index (χ4n) is 2.93. The summed E-state index contributed by atoms with van der Waals surface area (Å²) in [6, 6.07) is 5.78. The first-order chi connectivity index (χ1) is 10.1. The van der Waals surface area contributed by atoms with Gasteiger partial charge >= 0.3 is 0 Å². The summed E-state index contributed by atoms with van der Waals surface area (Å²) in [5.41, 5.74) is 0.681. The van der Waals surface area contributed by atoms with Crippen molar-refractivity contribution in [2.45, 2.75) is 39.2 Å². The second-order valence-corrected chi connectivity index (χ2v) is 6.30. The lowest BCUT2D eigenvalue weighted by atomic mass is 9.77. The average Bonchev–Trinajstić information content (AvgIpc) is 2.48. The van der Waals surface area contributed by atoms with E-state index in [1.165, 1.54) is 7.11 Å². The van der Waals surface area contributed by atoms with Crippen LogP contribution >= 0.6 is 0 Å². The molecule has 1 atom stereocenters. The molecule has 0 amide bonds. The number of hydrogen-bond acceptors (Lipinski definition) is 3. The molecule has 0 aromatic heterocycles. The van der Waals surface area contributed by atoms with Crippen LogP contribution in [-0.4, -0.2) is 32.9 Å². The number of halogens is 1. The van der Waals surface area contributed by atoms with Crippen LogP contribution in [0.1, 0.15) is 32.3 Å². The van der Waals surface area contributed by atoms with Gasteiger partial charge in [-0.3, -0.25) is 0 Å². The highest BCUT2D eigenvalue weighted by atomic mass is 19.1. The quantitative estimate of drug-likeness (QED) is 0.874. The fraction of sp³-hybridized carbons (Fsp3) is 0.647. The molecule has 1 fully saturated rings. The number of methoxy groups -OCH3 is 1. The first-order valence-electron chi connectivity index (χ1n) is 7.69. The van der Waals surface area contributed by atoms with Crippen molar-refractivity contribution >= 4 is 0 Å². The van der Waals surface area contributed by atoms with Gasteiger partial charge in [-0.25, -0.2) is 4.39 Å². The van der Waals surface area contributed by atoms with E-state index < -0.39 is 0 Å². The van der Waals surface area contributed by atoms with Crippen LogP contribution in [-0.2, 0) is 11.2 Å². The van der Waals surface area contributed by atoms with Crippen molar-refractivity contribution in [2.75, 3.05) is 26.9 Å². The molecule has 2 rings (SSSR count). The van der Waals surface area contributed by atoms with Crippen molar-refractivity contribution in [3.8, 4) is 5.75 Å². The Balaban J connectivity index is 2.18. The summed E-state index contributed by atoms with van der Waals surface area (Å²) in [5.74, 6) is 0.0747. The molecule has 4 heteroatoms. The normalized spacial score (nSPS) is 22.5. The molecule has 1 aliphatic rings. The highest BCUT2D eigenvalue weighted by Crippen LogP contribution is 2.34. The summed E-state index contributed by atoms with van der Waals surface area (Å²) in [5, 5.41) is 3.49. The Kier molecular flexibility index (Phi) is 5.59. The van der Waals surface area contributed by atoms with Crippen molar-refractivity contribution in [1.29, 1.82) is 0 Å². The Hall–Kier alpha value is -1.13. The highest BCUT2D eigenvalue weighted by molar-refractivity contribution is 5.32. The van der Waals surface area contributed by atoms with E-state index in [4.69, 9.17) is 9.47 Å². The fourth-order valence-corrected chi connectivity index (χ4v) is 2.93. The van der Waals surface area contributed by atoms with Crippen LogP contribution in [0.3, 0.4) is 0 Å². The minimum absolute atomic E-state index is 0.0320. The minimum Gasteiger partial charge on any atom is -0.494 e. The molecule has 1 saturated heterocycles. The van der Waals surface area contributed by atoms with Gasteiger partial charge in [-0.2, -0.15) is 0 Å². The second kappa shape index (κ2) is 7.23. The summed E-state index contributed by atoms with van der Waals surface area (Å²) >= 11 is 0. The van der Waals surface area contributed by atoms with E-state index in [2.05, 4.69) is 19.2 Å². The van der Waals surface area contributed by atoms with Crippen LogP contribution in [0.25, 0.3) is 0 Å². The van der Waals surface area contributed by atoms with Crippen molar-refractivity contribution in [2.24, 2.45) is 5.41 Å². The van der Waals surface area contributed by atoms with E-state index in [1.54, 1.807) is 6.07 Å². The predicted octanol–water partition coefficient (Wildman–Crippen LogP) is 3.17. The Bertz CT molecular complexity index is 456. The first-order valence-corrected chi connectivity index (χ1v) is 7.69. The maximum Gasteiger partial charge on any atom is 0.168 e. The van der Waals surface area contributed by atoms with Crippen LogP contribution in [0.2, 0.25) is 0 Å². The minimum atomic E-state index is -0.241. The van der Waals surface area contributed by atoms with E-state index in [1.807, 2.05) is 12.1 Å². The summed E-state index contributed by atoms with van der Waals surface area (Å²) < 4.78 is 25.2. The zero-order chi connectivity index (χ0) is 15.3. The summed E-state index contributed by atoms with van der Waals surface area (Å²) in [4.78, 5) is 0. The van der Waals surface area contributed by atoms with Crippen molar-refractivity contribution in [1.82, 2.24) is 5.32 Å². The maximum absolute atomic E-state index is 14.4. The van der Waals surface area contributed by atoms with Crippen LogP contribution < -0.4 is 10.1 Å². The molecule has 0 aliphatic carbocycles. The van der Waals surface area contributed by atoms with E-state index in [-0.39, 0.29) is 11.2 Å². The van der Waals surface area contributed by atoms with Crippen molar-refractivity contribution < 1.29 is 13.9 Å². The Morgan fingerprint density at radius 1 is 1.43 bits per heavy atom. The first kappa shape index (κ1) is 16.2. The summed E-state index contributed by atoms with van der Waals surface area (Å²) in [6.45, 7) is 6.60. The third-order valence-corrected chi connectivity index (χ3v) is 4.12. The SMILES string of the molecule is COc1cccc(CC2(CNC(C)C)CCCOC2)c1F. The number of hydrogen-bond donors (Lipinski definition) is 1. The molecule has 1 heterocycles. The van der Waals surface area contributed by atoms with Gasteiger partial charge in [0.1, 0.15) is 0 Å². The molecule has 118 valence electrons. The van der Waals surface area contributed by atoms with Gasteiger partial charge in [-0.1, -0.05) is 26.0 Å². The molecule has 1 aliphatic heterocycles. The molecule has 3 nitrogen and oxygen atoms in total. The largest absolute Gasteiger partial charge is 0.494 e. The molecule has 21 heavy (non-hydrogen) atoms. The number of ether oxygens (including phenoxy) is 2. The lowest BCUT2D eigenvalue weighted by Crippen LogP contribution is -2.44. The van der Waals surface area contributed by atoms with Gasteiger partial charge < -0.3 is 14.8 Å². The standard InChI is InChI=1S/C17H26FNO2/c1-13(2)19-11-17(8-5-9-21-12-17)10-14-6-4-7-15(20-3)16(14)18/h4,6-7,13,19H,5,8-12H2,1-3H3. The zero-order valence-electron chi connectivity index (χ0n) is 13.2.